The largest absolute Gasteiger partial charge is 0.356 e. The highest BCUT2D eigenvalue weighted by Gasteiger charge is 2.32. The molecule has 0 radical (unpaired) electrons. The molecular formula is C24H35N3O3. The maximum absolute atomic E-state index is 13.1. The van der Waals surface area contributed by atoms with Crippen LogP contribution in [-0.2, 0) is 14.4 Å². The van der Waals surface area contributed by atoms with Gasteiger partial charge >= 0.3 is 0 Å². The number of piperidine rings is 1. The monoisotopic (exact) mass is 413 g/mol. The van der Waals surface area contributed by atoms with E-state index in [1.165, 1.54) is 0 Å². The van der Waals surface area contributed by atoms with E-state index in [0.29, 0.717) is 38.9 Å². The van der Waals surface area contributed by atoms with Gasteiger partial charge in [-0.1, -0.05) is 43.2 Å². The second-order valence-electron chi connectivity index (χ2n) is 8.57. The van der Waals surface area contributed by atoms with Crippen molar-refractivity contribution in [1.82, 2.24) is 15.1 Å². The molecule has 164 valence electrons. The van der Waals surface area contributed by atoms with E-state index in [4.69, 9.17) is 0 Å². The van der Waals surface area contributed by atoms with Crippen LogP contribution >= 0.6 is 0 Å². The number of amides is 3. The van der Waals surface area contributed by atoms with Crippen LogP contribution in [0.3, 0.4) is 0 Å². The number of hydrogen-bond acceptors (Lipinski definition) is 3. The summed E-state index contributed by atoms with van der Waals surface area (Å²) >= 11 is 0. The summed E-state index contributed by atoms with van der Waals surface area (Å²) in [7, 11) is 0. The molecule has 6 heteroatoms. The first-order valence-corrected chi connectivity index (χ1v) is 11.5. The minimum atomic E-state index is -0.164. The lowest BCUT2D eigenvalue weighted by molar-refractivity contribution is -0.141. The molecule has 1 unspecified atom stereocenters. The Bertz CT molecular complexity index is 714. The molecular weight excluding hydrogens is 378 g/mol. The van der Waals surface area contributed by atoms with Crippen LogP contribution in [0.1, 0.15) is 63.4 Å². The molecule has 0 spiro atoms. The number of carbonyl (C=O) groups is 3. The van der Waals surface area contributed by atoms with Crippen LogP contribution < -0.4 is 5.32 Å². The zero-order valence-corrected chi connectivity index (χ0v) is 18.1. The molecule has 1 N–H and O–H groups in total. The molecule has 1 aromatic rings. The van der Waals surface area contributed by atoms with Crippen molar-refractivity contribution in [2.24, 2.45) is 5.92 Å². The molecule has 3 amide bonds. The van der Waals surface area contributed by atoms with Crippen molar-refractivity contribution < 1.29 is 14.4 Å². The van der Waals surface area contributed by atoms with Gasteiger partial charge in [-0.05, 0) is 38.2 Å². The fraction of sp³-hybridized carbons (Fsp3) is 0.625. The Balaban J connectivity index is 1.53. The molecule has 1 aromatic carbocycles. The van der Waals surface area contributed by atoms with E-state index < -0.39 is 0 Å². The Kier molecular flexibility index (Phi) is 8.29. The van der Waals surface area contributed by atoms with E-state index >= 15 is 0 Å². The first kappa shape index (κ1) is 22.3. The summed E-state index contributed by atoms with van der Waals surface area (Å²) in [5.74, 6) is 0.117. The first-order valence-electron chi connectivity index (χ1n) is 11.5. The van der Waals surface area contributed by atoms with E-state index in [1.54, 1.807) is 0 Å². The Morgan fingerprint density at radius 2 is 1.63 bits per heavy atom. The zero-order valence-electron chi connectivity index (χ0n) is 18.1. The normalized spacial score (nSPS) is 20.8. The average molecular weight is 414 g/mol. The second-order valence-corrected chi connectivity index (χ2v) is 8.57. The number of rotatable bonds is 3. The molecule has 3 rings (SSSR count). The van der Waals surface area contributed by atoms with Gasteiger partial charge in [0.15, 0.2) is 0 Å². The summed E-state index contributed by atoms with van der Waals surface area (Å²) in [5, 5.41) is 2.94. The molecule has 2 aliphatic heterocycles. The molecule has 2 fully saturated rings. The predicted molar refractivity (Wildman–Crippen MR) is 117 cm³/mol. The van der Waals surface area contributed by atoms with Crippen LogP contribution in [0.15, 0.2) is 30.3 Å². The van der Waals surface area contributed by atoms with Crippen molar-refractivity contribution in [3.8, 4) is 0 Å². The number of nitrogens with zero attached hydrogens (tertiary/aromatic N) is 2. The highest BCUT2D eigenvalue weighted by Crippen LogP contribution is 2.24. The third-order valence-electron chi connectivity index (χ3n) is 6.42. The topological polar surface area (TPSA) is 69.7 Å². The summed E-state index contributed by atoms with van der Waals surface area (Å²) in [6, 6.07) is 9.85. The molecule has 0 aliphatic carbocycles. The van der Waals surface area contributed by atoms with Crippen molar-refractivity contribution in [3.05, 3.63) is 35.9 Å². The molecule has 0 bridgehead atoms. The summed E-state index contributed by atoms with van der Waals surface area (Å²) < 4.78 is 0. The third-order valence-corrected chi connectivity index (χ3v) is 6.42. The molecule has 6 nitrogen and oxygen atoms in total. The number of benzene rings is 1. The van der Waals surface area contributed by atoms with Gasteiger partial charge in [0, 0.05) is 45.1 Å². The van der Waals surface area contributed by atoms with Gasteiger partial charge in [0.05, 0.1) is 5.92 Å². The molecule has 30 heavy (non-hydrogen) atoms. The van der Waals surface area contributed by atoms with Crippen LogP contribution in [0.5, 0.6) is 0 Å². The minimum absolute atomic E-state index is 0.0324. The van der Waals surface area contributed by atoms with Crippen LogP contribution in [-0.4, -0.2) is 60.2 Å². The quantitative estimate of drug-likeness (QED) is 0.828. The fourth-order valence-corrected chi connectivity index (χ4v) is 4.43. The van der Waals surface area contributed by atoms with E-state index in [9.17, 15) is 14.4 Å². The zero-order chi connectivity index (χ0) is 21.3. The van der Waals surface area contributed by atoms with Crippen LogP contribution in [0, 0.1) is 5.92 Å². The van der Waals surface area contributed by atoms with Crippen molar-refractivity contribution in [3.63, 3.8) is 0 Å². The Hall–Kier alpha value is -2.37. The van der Waals surface area contributed by atoms with Crippen LogP contribution in [0.4, 0.5) is 0 Å². The molecule has 2 heterocycles. The third kappa shape index (κ3) is 6.07. The first-order chi connectivity index (χ1) is 14.6. The van der Waals surface area contributed by atoms with Crippen LogP contribution in [0.25, 0.3) is 0 Å². The number of hydrogen-bond donors (Lipinski definition) is 1. The maximum Gasteiger partial charge on any atom is 0.229 e. The van der Waals surface area contributed by atoms with Gasteiger partial charge in [-0.15, -0.1) is 0 Å². The van der Waals surface area contributed by atoms with Gasteiger partial charge in [0.1, 0.15) is 0 Å². The van der Waals surface area contributed by atoms with Gasteiger partial charge in [0.2, 0.25) is 17.7 Å². The SMILES string of the molecule is CC(C(=O)N1CCC(C(=O)N2CCCCCCNC(=O)CC2)CC1)c1ccccc1. The fourth-order valence-electron chi connectivity index (χ4n) is 4.43. The Morgan fingerprint density at radius 3 is 2.37 bits per heavy atom. The number of carbonyl (C=O) groups excluding carboxylic acids is 3. The molecule has 2 saturated heterocycles. The van der Waals surface area contributed by atoms with Crippen molar-refractivity contribution in [2.75, 3.05) is 32.7 Å². The summed E-state index contributed by atoms with van der Waals surface area (Å²) in [4.78, 5) is 41.8. The van der Waals surface area contributed by atoms with Crippen molar-refractivity contribution >= 4 is 17.7 Å². The Morgan fingerprint density at radius 1 is 0.933 bits per heavy atom. The maximum atomic E-state index is 13.1. The van der Waals surface area contributed by atoms with E-state index in [0.717, 1.165) is 44.3 Å². The molecule has 1 atom stereocenters. The second kappa shape index (κ2) is 11.1. The highest BCUT2D eigenvalue weighted by atomic mass is 16.2. The lowest BCUT2D eigenvalue weighted by Crippen LogP contribution is -2.46. The average Bonchev–Trinajstić information content (AvgIpc) is 2.84. The minimum Gasteiger partial charge on any atom is -0.356 e. The molecule has 0 aromatic heterocycles. The van der Waals surface area contributed by atoms with Crippen LogP contribution in [0.2, 0.25) is 0 Å². The smallest absolute Gasteiger partial charge is 0.229 e. The van der Waals surface area contributed by atoms with E-state index in [1.807, 2.05) is 47.1 Å². The van der Waals surface area contributed by atoms with Gasteiger partial charge in [-0.2, -0.15) is 0 Å². The predicted octanol–water partition coefficient (Wildman–Crippen LogP) is 2.94. The lowest BCUT2D eigenvalue weighted by atomic mass is 9.93. The van der Waals surface area contributed by atoms with Gasteiger partial charge in [-0.25, -0.2) is 0 Å². The molecule has 2 aliphatic rings. The number of nitrogens with one attached hydrogen (secondary N) is 1. The van der Waals surface area contributed by atoms with Gasteiger partial charge in [0.25, 0.3) is 0 Å². The summed E-state index contributed by atoms with van der Waals surface area (Å²) in [6.45, 7) is 5.17. The standard InChI is InChI=1S/C24H35N3O3/c1-19(20-9-5-4-6-10-20)23(29)27-16-11-21(12-17-27)24(30)26-15-8-3-2-7-14-25-22(28)13-18-26/h4-6,9-10,19,21H,2-3,7-8,11-18H2,1H3,(H,25,28). The van der Waals surface area contributed by atoms with E-state index in [2.05, 4.69) is 5.32 Å². The van der Waals surface area contributed by atoms with Gasteiger partial charge < -0.3 is 15.1 Å². The number of likely N-dealkylation sites (tertiary alicyclic amines) is 1. The van der Waals surface area contributed by atoms with Gasteiger partial charge in [-0.3, -0.25) is 14.4 Å². The lowest BCUT2D eigenvalue weighted by Gasteiger charge is -2.35. The summed E-state index contributed by atoms with van der Waals surface area (Å²) in [5.41, 5.74) is 1.03. The summed E-state index contributed by atoms with van der Waals surface area (Å²) in [6.07, 6.45) is 5.95. The van der Waals surface area contributed by atoms with Crippen molar-refractivity contribution in [1.29, 1.82) is 0 Å². The Labute approximate surface area is 180 Å². The van der Waals surface area contributed by atoms with E-state index in [-0.39, 0.29) is 29.6 Å². The molecule has 0 saturated carbocycles. The highest BCUT2D eigenvalue weighted by molar-refractivity contribution is 5.84. The van der Waals surface area contributed by atoms with Crippen molar-refractivity contribution in [2.45, 2.75) is 57.8 Å².